The molecule has 0 aromatic carbocycles. The van der Waals surface area contributed by atoms with Crippen molar-refractivity contribution < 1.29 is 8.42 Å². The molecule has 3 N–H and O–H groups in total. The van der Waals surface area contributed by atoms with Crippen LogP contribution in [0.15, 0.2) is 11.4 Å². The molecule has 0 fully saturated rings. The van der Waals surface area contributed by atoms with Gasteiger partial charge in [-0.2, -0.15) is 0 Å². The highest BCUT2D eigenvalue weighted by Crippen LogP contribution is 2.37. The first-order valence-electron chi connectivity index (χ1n) is 7.30. The van der Waals surface area contributed by atoms with Gasteiger partial charge in [0.2, 0.25) is 0 Å². The molecule has 0 bridgehead atoms. The second-order valence-electron chi connectivity index (χ2n) is 5.45. The number of nitrogens with two attached hydrogens (primary N) is 1. The molecule has 0 amide bonds. The number of hydrazine groups is 1. The average molecular weight is 316 g/mol. The van der Waals surface area contributed by atoms with Crippen LogP contribution in [0.3, 0.4) is 0 Å². The van der Waals surface area contributed by atoms with E-state index in [1.54, 1.807) is 6.92 Å². The third-order valence-electron chi connectivity index (χ3n) is 4.21. The lowest BCUT2D eigenvalue weighted by atomic mass is 9.81. The molecule has 1 heterocycles. The molecule has 1 aromatic heterocycles. The molecule has 0 radical (unpaired) electrons. The van der Waals surface area contributed by atoms with E-state index >= 15 is 0 Å². The number of nitrogens with one attached hydrogen (secondary N) is 1. The Labute approximate surface area is 125 Å². The molecular formula is C14H24N2O2S2. The second kappa shape index (κ2) is 7.02. The monoisotopic (exact) mass is 316 g/mol. The molecule has 0 aliphatic heterocycles. The van der Waals surface area contributed by atoms with Gasteiger partial charge in [0.1, 0.15) is 9.84 Å². The molecule has 0 spiro atoms. The Morgan fingerprint density at radius 2 is 2.35 bits per heavy atom. The summed E-state index contributed by atoms with van der Waals surface area (Å²) < 4.78 is 23.1. The summed E-state index contributed by atoms with van der Waals surface area (Å²) in [6, 6.07) is 2.38. The molecular weight excluding hydrogens is 292 g/mol. The molecule has 1 aromatic rings. The first kappa shape index (κ1) is 15.9. The van der Waals surface area contributed by atoms with Gasteiger partial charge in [0.25, 0.3) is 0 Å². The average Bonchev–Trinajstić information content (AvgIpc) is 2.92. The molecule has 0 saturated heterocycles. The Bertz CT molecular complexity index is 525. The van der Waals surface area contributed by atoms with E-state index in [0.29, 0.717) is 12.3 Å². The van der Waals surface area contributed by atoms with Crippen molar-refractivity contribution in [2.24, 2.45) is 5.84 Å². The van der Waals surface area contributed by atoms with Gasteiger partial charge >= 0.3 is 0 Å². The number of fused-ring (bicyclic) bond motifs is 1. The fraction of sp³-hybridized carbons (Fsp3) is 0.714. The van der Waals surface area contributed by atoms with Crippen LogP contribution in [0.2, 0.25) is 0 Å². The quantitative estimate of drug-likeness (QED) is 0.597. The van der Waals surface area contributed by atoms with Crippen molar-refractivity contribution in [1.29, 1.82) is 0 Å². The van der Waals surface area contributed by atoms with Gasteiger partial charge in [-0.15, -0.1) is 11.3 Å². The van der Waals surface area contributed by atoms with Crippen LogP contribution < -0.4 is 11.3 Å². The Kier molecular flexibility index (Phi) is 5.60. The van der Waals surface area contributed by atoms with Crippen LogP contribution in [-0.4, -0.2) is 26.0 Å². The zero-order valence-corrected chi connectivity index (χ0v) is 13.6. The Balaban J connectivity index is 1.97. The molecule has 20 heavy (non-hydrogen) atoms. The van der Waals surface area contributed by atoms with Crippen LogP contribution in [0.5, 0.6) is 0 Å². The van der Waals surface area contributed by atoms with E-state index in [0.717, 1.165) is 12.8 Å². The highest BCUT2D eigenvalue weighted by Gasteiger charge is 2.28. The van der Waals surface area contributed by atoms with Crippen LogP contribution in [0.4, 0.5) is 0 Å². The molecule has 0 saturated carbocycles. The maximum atomic E-state index is 11.6. The van der Waals surface area contributed by atoms with Gasteiger partial charge in [-0.25, -0.2) is 8.42 Å². The van der Waals surface area contributed by atoms with Crippen LogP contribution >= 0.6 is 11.3 Å². The Morgan fingerprint density at radius 3 is 3.05 bits per heavy atom. The number of hydrogen-bond donors (Lipinski definition) is 2. The summed E-state index contributed by atoms with van der Waals surface area (Å²) in [6.07, 6.45) is 5.00. The lowest BCUT2D eigenvalue weighted by molar-refractivity contribution is 0.377. The lowest BCUT2D eigenvalue weighted by Gasteiger charge is -2.30. The highest BCUT2D eigenvalue weighted by molar-refractivity contribution is 7.91. The van der Waals surface area contributed by atoms with Gasteiger partial charge in [-0.1, -0.05) is 6.92 Å². The third kappa shape index (κ3) is 3.81. The number of aryl methyl sites for hydroxylation is 1. The third-order valence-corrected chi connectivity index (χ3v) is 7.00. The summed E-state index contributed by atoms with van der Waals surface area (Å²) in [6.45, 7) is 1.70. The van der Waals surface area contributed by atoms with E-state index in [9.17, 15) is 8.42 Å². The molecule has 1 aliphatic carbocycles. The summed E-state index contributed by atoms with van der Waals surface area (Å²) in [5, 5.41) is 2.15. The first-order valence-corrected chi connectivity index (χ1v) is 10.0. The Hall–Kier alpha value is -0.430. The summed E-state index contributed by atoms with van der Waals surface area (Å²) in [5.74, 6) is 6.64. The summed E-state index contributed by atoms with van der Waals surface area (Å²) in [7, 11) is -2.87. The van der Waals surface area contributed by atoms with E-state index in [1.165, 1.54) is 23.3 Å². The summed E-state index contributed by atoms with van der Waals surface area (Å²) in [5.41, 5.74) is 4.34. The largest absolute Gasteiger partial charge is 0.271 e. The molecule has 2 unspecified atom stereocenters. The smallest absolute Gasteiger partial charge is 0.150 e. The van der Waals surface area contributed by atoms with Gasteiger partial charge in [-0.05, 0) is 49.1 Å². The minimum absolute atomic E-state index is 0.177. The van der Waals surface area contributed by atoms with E-state index in [1.807, 2.05) is 11.3 Å². The Morgan fingerprint density at radius 1 is 1.55 bits per heavy atom. The summed E-state index contributed by atoms with van der Waals surface area (Å²) in [4.78, 5) is 1.47. The minimum atomic E-state index is -2.87. The fourth-order valence-electron chi connectivity index (χ4n) is 3.01. The maximum absolute atomic E-state index is 11.6. The number of rotatable bonds is 7. The number of thiophene rings is 1. The normalized spacial score (nSPS) is 20.6. The molecule has 2 atom stereocenters. The minimum Gasteiger partial charge on any atom is -0.271 e. The standard InChI is InChI=1S/C14H24N2O2S2/c1-2-20(17,18)10-4-6-13(16-15)11-5-3-7-14-12(11)8-9-19-14/h8-9,11,13,16H,2-7,10,15H2,1H3. The van der Waals surface area contributed by atoms with Crippen LogP contribution in [-0.2, 0) is 16.3 Å². The topological polar surface area (TPSA) is 72.2 Å². The maximum Gasteiger partial charge on any atom is 0.150 e. The molecule has 4 nitrogen and oxygen atoms in total. The fourth-order valence-corrected chi connectivity index (χ4v) is 4.90. The van der Waals surface area contributed by atoms with Gasteiger partial charge in [-0.3, -0.25) is 11.3 Å². The zero-order chi connectivity index (χ0) is 14.6. The van der Waals surface area contributed by atoms with Gasteiger partial charge in [0, 0.05) is 22.6 Å². The van der Waals surface area contributed by atoms with E-state index in [-0.39, 0.29) is 17.5 Å². The lowest BCUT2D eigenvalue weighted by Crippen LogP contribution is -2.41. The molecule has 2 rings (SSSR count). The summed E-state index contributed by atoms with van der Waals surface area (Å²) >= 11 is 1.82. The molecule has 6 heteroatoms. The van der Waals surface area contributed by atoms with Crippen molar-refractivity contribution in [3.63, 3.8) is 0 Å². The van der Waals surface area contributed by atoms with Gasteiger partial charge in [0.15, 0.2) is 0 Å². The van der Waals surface area contributed by atoms with Crippen LogP contribution in [0, 0.1) is 0 Å². The highest BCUT2D eigenvalue weighted by atomic mass is 32.2. The zero-order valence-electron chi connectivity index (χ0n) is 12.0. The van der Waals surface area contributed by atoms with Crippen LogP contribution in [0.25, 0.3) is 0 Å². The van der Waals surface area contributed by atoms with Crippen molar-refractivity contribution in [2.75, 3.05) is 11.5 Å². The SMILES string of the molecule is CCS(=O)(=O)CCCC(NN)C1CCCc2sccc21. The second-order valence-corrected chi connectivity index (χ2v) is 8.92. The van der Waals surface area contributed by atoms with E-state index < -0.39 is 9.84 Å². The molecule has 114 valence electrons. The number of sulfone groups is 1. The van der Waals surface area contributed by atoms with Gasteiger partial charge < -0.3 is 0 Å². The van der Waals surface area contributed by atoms with Gasteiger partial charge in [0.05, 0.1) is 5.75 Å². The van der Waals surface area contributed by atoms with Crippen molar-refractivity contribution in [3.8, 4) is 0 Å². The first-order chi connectivity index (χ1) is 9.57. The van der Waals surface area contributed by atoms with Crippen LogP contribution in [0.1, 0.15) is 49.0 Å². The van der Waals surface area contributed by atoms with Crippen molar-refractivity contribution >= 4 is 21.2 Å². The predicted octanol–water partition coefficient (Wildman–Crippen LogP) is 2.21. The predicted molar refractivity (Wildman–Crippen MR) is 84.7 cm³/mol. The van der Waals surface area contributed by atoms with Crippen molar-refractivity contribution in [3.05, 3.63) is 21.9 Å². The van der Waals surface area contributed by atoms with E-state index in [2.05, 4.69) is 16.9 Å². The molecule has 1 aliphatic rings. The van der Waals surface area contributed by atoms with Crippen molar-refractivity contribution in [2.45, 2.75) is 51.0 Å². The number of hydrogen-bond acceptors (Lipinski definition) is 5. The van der Waals surface area contributed by atoms with Crippen molar-refractivity contribution in [1.82, 2.24) is 5.43 Å². The van der Waals surface area contributed by atoms with E-state index in [4.69, 9.17) is 5.84 Å².